The maximum absolute atomic E-state index is 12.3. The van der Waals surface area contributed by atoms with Crippen molar-refractivity contribution in [2.24, 2.45) is 5.10 Å². The van der Waals surface area contributed by atoms with Gasteiger partial charge in [-0.2, -0.15) is 10.2 Å². The number of benzene rings is 1. The molecule has 0 aliphatic heterocycles. The summed E-state index contributed by atoms with van der Waals surface area (Å²) in [6.07, 6.45) is 0. The molecule has 9 nitrogen and oxygen atoms in total. The minimum absolute atomic E-state index is 0.0558. The van der Waals surface area contributed by atoms with E-state index < -0.39 is 16.9 Å². The number of nitrogens with zero attached hydrogens (tertiary/aromatic N) is 4. The Morgan fingerprint density at radius 3 is 2.60 bits per heavy atom. The Bertz CT molecular complexity index is 856. The lowest BCUT2D eigenvalue weighted by atomic mass is 10.1. The van der Waals surface area contributed by atoms with Crippen molar-refractivity contribution >= 4 is 17.3 Å². The fraction of sp³-hybridized carbons (Fsp3) is 0.312. The summed E-state index contributed by atoms with van der Waals surface area (Å²) in [6, 6.07) is 5.84. The smallest absolute Gasteiger partial charge is 0.312 e. The van der Waals surface area contributed by atoms with Crippen LogP contribution in [0.5, 0.6) is 5.75 Å². The molecule has 1 aromatic carbocycles. The predicted octanol–water partition coefficient (Wildman–Crippen LogP) is 2.22. The molecule has 1 aromatic heterocycles. The van der Waals surface area contributed by atoms with E-state index in [1.165, 1.54) is 17.7 Å². The summed E-state index contributed by atoms with van der Waals surface area (Å²) in [5.41, 5.74) is 3.77. The first-order valence-electron chi connectivity index (χ1n) is 7.56. The van der Waals surface area contributed by atoms with Crippen molar-refractivity contribution in [2.75, 3.05) is 0 Å². The number of nitro groups is 1. The first-order chi connectivity index (χ1) is 11.7. The molecule has 132 valence electrons. The number of aryl methyl sites for hydroxylation is 1. The van der Waals surface area contributed by atoms with E-state index in [0.717, 1.165) is 0 Å². The third kappa shape index (κ3) is 3.65. The third-order valence-corrected chi connectivity index (χ3v) is 3.84. The van der Waals surface area contributed by atoms with E-state index in [2.05, 4.69) is 15.6 Å². The van der Waals surface area contributed by atoms with Gasteiger partial charge in [0.15, 0.2) is 0 Å². The number of carbonyl (C=O) groups excluding carboxylic acids is 1. The number of rotatable bonds is 5. The van der Waals surface area contributed by atoms with Gasteiger partial charge in [-0.1, -0.05) is 12.1 Å². The number of aromatic hydroxyl groups is 1. The van der Waals surface area contributed by atoms with Crippen LogP contribution in [0.1, 0.15) is 36.8 Å². The Morgan fingerprint density at radius 1 is 1.40 bits per heavy atom. The molecule has 1 heterocycles. The van der Waals surface area contributed by atoms with Crippen LogP contribution in [0.3, 0.4) is 0 Å². The molecule has 0 bridgehead atoms. The van der Waals surface area contributed by atoms with Crippen molar-refractivity contribution in [3.63, 3.8) is 0 Å². The lowest BCUT2D eigenvalue weighted by Gasteiger charge is -2.12. The summed E-state index contributed by atoms with van der Waals surface area (Å²) in [5.74, 6) is -0.421. The largest absolute Gasteiger partial charge is 0.507 e. The first-order valence-corrected chi connectivity index (χ1v) is 7.56. The van der Waals surface area contributed by atoms with Crippen LogP contribution in [0.25, 0.3) is 0 Å². The van der Waals surface area contributed by atoms with Crippen molar-refractivity contribution < 1.29 is 14.8 Å². The number of hydrogen-bond donors (Lipinski definition) is 2. The normalized spacial score (nSPS) is 12.7. The van der Waals surface area contributed by atoms with Crippen LogP contribution >= 0.6 is 0 Å². The molecule has 0 fully saturated rings. The molecule has 0 aliphatic rings. The number of hydrazone groups is 1. The SMILES string of the molecule is C/C(=N/NC(=O)[C@@H](C)n1nc(C)c([N+](=O)[O-])c1C)c1ccccc1O. The fourth-order valence-electron chi connectivity index (χ4n) is 2.48. The number of nitrogens with one attached hydrogen (secondary N) is 1. The van der Waals surface area contributed by atoms with Crippen molar-refractivity contribution in [3.05, 3.63) is 51.3 Å². The van der Waals surface area contributed by atoms with Crippen molar-refractivity contribution in [1.82, 2.24) is 15.2 Å². The second-order valence-electron chi connectivity index (χ2n) is 5.59. The van der Waals surface area contributed by atoms with E-state index in [-0.39, 0.29) is 17.1 Å². The van der Waals surface area contributed by atoms with Gasteiger partial charge in [0.25, 0.3) is 5.91 Å². The van der Waals surface area contributed by atoms with Crippen molar-refractivity contribution in [1.29, 1.82) is 0 Å². The third-order valence-electron chi connectivity index (χ3n) is 3.84. The van der Waals surface area contributed by atoms with Gasteiger partial charge in [0.05, 0.1) is 10.6 Å². The second kappa shape index (κ2) is 7.12. The topological polar surface area (TPSA) is 123 Å². The monoisotopic (exact) mass is 345 g/mol. The Morgan fingerprint density at radius 2 is 2.04 bits per heavy atom. The molecule has 0 saturated heterocycles. The number of carbonyl (C=O) groups is 1. The summed E-state index contributed by atoms with van der Waals surface area (Å²) in [6.45, 7) is 6.28. The van der Waals surface area contributed by atoms with E-state index in [1.54, 1.807) is 39.0 Å². The fourth-order valence-corrected chi connectivity index (χ4v) is 2.48. The highest BCUT2D eigenvalue weighted by Gasteiger charge is 2.27. The maximum atomic E-state index is 12.3. The van der Waals surface area contributed by atoms with Gasteiger partial charge in [-0.15, -0.1) is 0 Å². The van der Waals surface area contributed by atoms with Crippen LogP contribution in [0.15, 0.2) is 29.4 Å². The summed E-state index contributed by atoms with van der Waals surface area (Å²) in [5, 5.41) is 28.9. The van der Waals surface area contributed by atoms with E-state index in [0.29, 0.717) is 17.0 Å². The molecule has 0 spiro atoms. The highest BCUT2D eigenvalue weighted by atomic mass is 16.6. The molecule has 1 amide bonds. The molecule has 0 saturated carbocycles. The molecule has 25 heavy (non-hydrogen) atoms. The zero-order valence-electron chi connectivity index (χ0n) is 14.3. The van der Waals surface area contributed by atoms with Gasteiger partial charge in [-0.25, -0.2) is 5.43 Å². The number of phenolic OH excluding ortho intramolecular Hbond substituents is 1. The van der Waals surface area contributed by atoms with Gasteiger partial charge < -0.3 is 5.11 Å². The Labute approximate surface area is 144 Å². The molecular weight excluding hydrogens is 326 g/mol. The molecule has 0 unspecified atom stereocenters. The van der Waals surface area contributed by atoms with Crippen LogP contribution in [0.2, 0.25) is 0 Å². The number of phenols is 1. The number of para-hydroxylation sites is 1. The lowest BCUT2D eigenvalue weighted by Crippen LogP contribution is -2.29. The summed E-state index contributed by atoms with van der Waals surface area (Å²) < 4.78 is 1.30. The molecular formula is C16H19N5O4. The van der Waals surface area contributed by atoms with E-state index in [4.69, 9.17) is 0 Å². The summed E-state index contributed by atoms with van der Waals surface area (Å²) in [4.78, 5) is 22.8. The standard InChI is InChI=1S/C16H19N5O4/c1-9(13-7-5-6-8-14(13)22)17-18-16(23)12(4)20-11(3)15(21(24)25)10(2)19-20/h5-8,12,22H,1-4H3,(H,18,23)/b17-9-/t12-/m1/s1. The average Bonchev–Trinajstić information content (AvgIpc) is 2.86. The van der Waals surface area contributed by atoms with Crippen LogP contribution in [0.4, 0.5) is 5.69 Å². The molecule has 0 radical (unpaired) electrons. The molecule has 9 heteroatoms. The van der Waals surface area contributed by atoms with Crippen LogP contribution < -0.4 is 5.43 Å². The average molecular weight is 345 g/mol. The van der Waals surface area contributed by atoms with Gasteiger partial charge in [0.2, 0.25) is 0 Å². The molecule has 2 rings (SSSR count). The number of aromatic nitrogens is 2. The minimum Gasteiger partial charge on any atom is -0.507 e. The van der Waals surface area contributed by atoms with Crippen molar-refractivity contribution in [2.45, 2.75) is 33.7 Å². The van der Waals surface area contributed by atoms with Gasteiger partial charge in [-0.3, -0.25) is 19.6 Å². The second-order valence-corrected chi connectivity index (χ2v) is 5.59. The van der Waals surface area contributed by atoms with Crippen molar-refractivity contribution in [3.8, 4) is 5.75 Å². The zero-order valence-corrected chi connectivity index (χ0v) is 14.3. The van der Waals surface area contributed by atoms with Crippen LogP contribution in [-0.4, -0.2) is 31.4 Å². The quantitative estimate of drug-likeness (QED) is 0.488. The van der Waals surface area contributed by atoms with E-state index in [1.807, 2.05) is 0 Å². The Hall–Kier alpha value is -3.23. The lowest BCUT2D eigenvalue weighted by molar-refractivity contribution is -0.386. The molecule has 2 N–H and O–H groups in total. The predicted molar refractivity (Wildman–Crippen MR) is 91.5 cm³/mol. The molecule has 0 aliphatic carbocycles. The first kappa shape index (κ1) is 18.1. The number of amides is 1. The molecule has 1 atom stereocenters. The van der Waals surface area contributed by atoms with E-state index >= 15 is 0 Å². The Kier molecular flexibility index (Phi) is 5.16. The van der Waals surface area contributed by atoms with Crippen LogP contribution in [0, 0.1) is 24.0 Å². The van der Waals surface area contributed by atoms with Gasteiger partial charge in [-0.05, 0) is 39.8 Å². The summed E-state index contributed by atoms with van der Waals surface area (Å²) >= 11 is 0. The molecule has 2 aromatic rings. The minimum atomic E-state index is -0.784. The Balaban J connectivity index is 2.19. The van der Waals surface area contributed by atoms with Gasteiger partial charge >= 0.3 is 5.69 Å². The van der Waals surface area contributed by atoms with E-state index in [9.17, 15) is 20.0 Å². The highest BCUT2D eigenvalue weighted by Crippen LogP contribution is 2.24. The highest BCUT2D eigenvalue weighted by molar-refractivity contribution is 6.01. The van der Waals surface area contributed by atoms with Gasteiger partial charge in [0, 0.05) is 5.56 Å². The van der Waals surface area contributed by atoms with Gasteiger partial charge in [0.1, 0.15) is 23.2 Å². The zero-order chi connectivity index (χ0) is 18.7. The summed E-state index contributed by atoms with van der Waals surface area (Å²) in [7, 11) is 0. The number of hydrogen-bond acceptors (Lipinski definition) is 6. The maximum Gasteiger partial charge on any atom is 0.312 e. The van der Waals surface area contributed by atoms with Crippen LogP contribution in [-0.2, 0) is 4.79 Å².